The lowest BCUT2D eigenvalue weighted by atomic mass is 10.2. The van der Waals surface area contributed by atoms with Crippen LogP contribution in [-0.2, 0) is 9.47 Å². The molecule has 1 aliphatic heterocycles. The van der Waals surface area contributed by atoms with Gasteiger partial charge in [-0.15, -0.1) is 0 Å². The fourth-order valence-corrected chi connectivity index (χ4v) is 2.78. The normalized spacial score (nSPS) is 15.1. The van der Waals surface area contributed by atoms with E-state index >= 15 is 0 Å². The average molecular weight is 414 g/mol. The van der Waals surface area contributed by atoms with Crippen LogP contribution in [0.1, 0.15) is 38.2 Å². The summed E-state index contributed by atoms with van der Waals surface area (Å²) in [7, 11) is 0. The van der Waals surface area contributed by atoms with Crippen molar-refractivity contribution in [2.75, 3.05) is 37.7 Å². The van der Waals surface area contributed by atoms with E-state index in [4.69, 9.17) is 9.47 Å². The van der Waals surface area contributed by atoms with Crippen LogP contribution in [0.3, 0.4) is 0 Å². The number of ether oxygens (including phenoxy) is 2. The summed E-state index contributed by atoms with van der Waals surface area (Å²) in [5.74, 6) is 0.235. The first kappa shape index (κ1) is 19.5. The number of anilines is 1. The molecule has 0 atom stereocenters. The predicted molar refractivity (Wildman–Crippen MR) is 97.9 cm³/mol. The van der Waals surface area contributed by atoms with Crippen LogP contribution in [0.25, 0.3) is 0 Å². The summed E-state index contributed by atoms with van der Waals surface area (Å²) in [4.78, 5) is 32.2. The topological polar surface area (TPSA) is 72.0 Å². The van der Waals surface area contributed by atoms with E-state index < -0.39 is 11.6 Å². The van der Waals surface area contributed by atoms with E-state index in [1.807, 2.05) is 31.7 Å². The maximum absolute atomic E-state index is 12.1. The van der Waals surface area contributed by atoms with E-state index in [9.17, 15) is 9.59 Å². The number of pyridine rings is 1. The summed E-state index contributed by atoms with van der Waals surface area (Å²) in [5.41, 5.74) is -0.246. The van der Waals surface area contributed by atoms with Crippen molar-refractivity contribution in [3.05, 3.63) is 22.3 Å². The van der Waals surface area contributed by atoms with Crippen molar-refractivity contribution in [3.8, 4) is 0 Å². The van der Waals surface area contributed by atoms with E-state index in [2.05, 4.69) is 20.9 Å². The molecule has 8 heteroatoms. The molecule has 0 radical (unpaired) electrons. The van der Waals surface area contributed by atoms with Gasteiger partial charge < -0.3 is 19.3 Å². The number of halogens is 1. The molecule has 0 N–H and O–H groups in total. The molecule has 0 spiro atoms. The van der Waals surface area contributed by atoms with Crippen LogP contribution in [0, 0.1) is 0 Å². The van der Waals surface area contributed by atoms with Crippen molar-refractivity contribution >= 4 is 33.8 Å². The Balaban J connectivity index is 2.02. The number of amides is 1. The summed E-state index contributed by atoms with van der Waals surface area (Å²) < 4.78 is 11.0. The van der Waals surface area contributed by atoms with E-state index in [-0.39, 0.29) is 11.8 Å². The van der Waals surface area contributed by atoms with Crippen molar-refractivity contribution < 1.29 is 19.1 Å². The molecule has 1 amide bonds. The third kappa shape index (κ3) is 5.32. The van der Waals surface area contributed by atoms with E-state index in [0.29, 0.717) is 43.1 Å². The highest BCUT2D eigenvalue weighted by molar-refractivity contribution is 9.10. The second-order valence-corrected chi connectivity index (χ2v) is 7.53. The van der Waals surface area contributed by atoms with Gasteiger partial charge in [0.15, 0.2) is 5.69 Å². The van der Waals surface area contributed by atoms with Crippen LogP contribution in [0.15, 0.2) is 16.6 Å². The van der Waals surface area contributed by atoms with Gasteiger partial charge in [0, 0.05) is 26.2 Å². The zero-order chi connectivity index (χ0) is 18.6. The number of carbonyl (C=O) groups is 2. The number of aromatic nitrogens is 1. The van der Waals surface area contributed by atoms with Gasteiger partial charge in [0.2, 0.25) is 0 Å². The molecule has 1 aromatic rings. The van der Waals surface area contributed by atoms with E-state index in [1.54, 1.807) is 17.9 Å². The van der Waals surface area contributed by atoms with Gasteiger partial charge in [-0.25, -0.2) is 14.6 Å². The molecular formula is C17H24BrN3O4. The van der Waals surface area contributed by atoms with Crippen LogP contribution in [-0.4, -0.2) is 60.3 Å². The first-order valence-corrected chi connectivity index (χ1v) is 9.07. The molecule has 1 saturated heterocycles. The molecule has 0 aromatic carbocycles. The van der Waals surface area contributed by atoms with Crippen LogP contribution in [0.5, 0.6) is 0 Å². The molecule has 1 aromatic heterocycles. The lowest BCUT2D eigenvalue weighted by molar-refractivity contribution is 0.0240. The minimum Gasteiger partial charge on any atom is -0.461 e. The van der Waals surface area contributed by atoms with Gasteiger partial charge in [-0.2, -0.15) is 0 Å². The predicted octanol–water partition coefficient (Wildman–Crippen LogP) is 3.08. The zero-order valence-corrected chi connectivity index (χ0v) is 16.6. The van der Waals surface area contributed by atoms with Gasteiger partial charge in [0.05, 0.1) is 11.1 Å². The van der Waals surface area contributed by atoms with Gasteiger partial charge in [-0.3, -0.25) is 0 Å². The molecule has 2 rings (SSSR count). The Morgan fingerprint density at radius 1 is 1.20 bits per heavy atom. The lowest BCUT2D eigenvalue weighted by Gasteiger charge is -2.36. The highest BCUT2D eigenvalue weighted by atomic mass is 79.9. The van der Waals surface area contributed by atoms with Gasteiger partial charge >= 0.3 is 12.1 Å². The van der Waals surface area contributed by atoms with Gasteiger partial charge in [0.1, 0.15) is 11.4 Å². The monoisotopic (exact) mass is 413 g/mol. The van der Waals surface area contributed by atoms with E-state index in [0.717, 1.165) is 0 Å². The van der Waals surface area contributed by atoms with Crippen LogP contribution in [0.4, 0.5) is 10.6 Å². The summed E-state index contributed by atoms with van der Waals surface area (Å²) >= 11 is 3.33. The summed E-state index contributed by atoms with van der Waals surface area (Å²) in [6.45, 7) is 9.93. The summed E-state index contributed by atoms with van der Waals surface area (Å²) in [5, 5.41) is 0. The molecule has 1 aliphatic rings. The fourth-order valence-electron chi connectivity index (χ4n) is 2.40. The fraction of sp³-hybridized carbons (Fsp3) is 0.588. The van der Waals surface area contributed by atoms with Crippen molar-refractivity contribution in [3.63, 3.8) is 0 Å². The Hall–Kier alpha value is -1.83. The zero-order valence-electron chi connectivity index (χ0n) is 15.0. The summed E-state index contributed by atoms with van der Waals surface area (Å²) in [6, 6.07) is 3.63. The lowest BCUT2D eigenvalue weighted by Crippen LogP contribution is -2.50. The first-order chi connectivity index (χ1) is 11.7. The Labute approximate surface area is 156 Å². The van der Waals surface area contributed by atoms with Crippen LogP contribution < -0.4 is 4.90 Å². The number of hydrogen-bond donors (Lipinski definition) is 0. The minimum absolute atomic E-state index is 0.258. The number of hydrogen-bond acceptors (Lipinski definition) is 6. The number of piperazine rings is 1. The smallest absolute Gasteiger partial charge is 0.410 e. The maximum Gasteiger partial charge on any atom is 0.410 e. The molecule has 0 saturated carbocycles. The van der Waals surface area contributed by atoms with Gasteiger partial charge in [-0.05, 0) is 55.8 Å². The van der Waals surface area contributed by atoms with Crippen molar-refractivity contribution in [2.45, 2.75) is 33.3 Å². The SMILES string of the molecule is CCOC(=O)c1nc(N2CCN(C(=O)OC(C)(C)C)CC2)ccc1Br. The standard InChI is InChI=1S/C17H24BrN3O4/c1-5-24-15(22)14-12(18)6-7-13(19-14)20-8-10-21(11-9-20)16(23)25-17(2,3)4/h6-7H,5,8-11H2,1-4H3. The molecule has 7 nitrogen and oxygen atoms in total. The van der Waals surface area contributed by atoms with Crippen molar-refractivity contribution in [2.24, 2.45) is 0 Å². The Kier molecular flexibility index (Phi) is 6.26. The Morgan fingerprint density at radius 3 is 2.40 bits per heavy atom. The van der Waals surface area contributed by atoms with Crippen LogP contribution >= 0.6 is 15.9 Å². The number of rotatable bonds is 3. The number of carbonyl (C=O) groups excluding carboxylic acids is 2. The highest BCUT2D eigenvalue weighted by Crippen LogP contribution is 2.22. The number of esters is 1. The Bertz CT molecular complexity index is 637. The Morgan fingerprint density at radius 2 is 1.84 bits per heavy atom. The first-order valence-electron chi connectivity index (χ1n) is 8.28. The molecule has 2 heterocycles. The quantitative estimate of drug-likeness (QED) is 0.708. The molecule has 1 fully saturated rings. The molecular weight excluding hydrogens is 390 g/mol. The maximum atomic E-state index is 12.1. The second kappa shape index (κ2) is 8.03. The van der Waals surface area contributed by atoms with Gasteiger partial charge in [-0.1, -0.05) is 0 Å². The molecule has 138 valence electrons. The van der Waals surface area contributed by atoms with Crippen LogP contribution in [0.2, 0.25) is 0 Å². The minimum atomic E-state index is -0.504. The molecule has 25 heavy (non-hydrogen) atoms. The largest absolute Gasteiger partial charge is 0.461 e. The van der Waals surface area contributed by atoms with Crippen molar-refractivity contribution in [1.82, 2.24) is 9.88 Å². The molecule has 0 unspecified atom stereocenters. The highest BCUT2D eigenvalue weighted by Gasteiger charge is 2.27. The average Bonchev–Trinajstić information content (AvgIpc) is 2.54. The second-order valence-electron chi connectivity index (χ2n) is 6.67. The molecule has 0 bridgehead atoms. The summed E-state index contributed by atoms with van der Waals surface area (Å²) in [6.07, 6.45) is -0.303. The van der Waals surface area contributed by atoms with Crippen molar-refractivity contribution in [1.29, 1.82) is 0 Å². The number of nitrogens with zero attached hydrogens (tertiary/aromatic N) is 3. The third-order valence-electron chi connectivity index (χ3n) is 3.56. The van der Waals surface area contributed by atoms with Gasteiger partial charge in [0.25, 0.3) is 0 Å². The third-order valence-corrected chi connectivity index (χ3v) is 4.20. The molecule has 0 aliphatic carbocycles. The van der Waals surface area contributed by atoms with E-state index in [1.165, 1.54) is 0 Å².